The topological polar surface area (TPSA) is 40.1 Å². The summed E-state index contributed by atoms with van der Waals surface area (Å²) in [6.07, 6.45) is 0. The van der Waals surface area contributed by atoms with Gasteiger partial charge in [-0.05, 0) is 60.7 Å². The van der Waals surface area contributed by atoms with Crippen LogP contribution in [-0.4, -0.2) is 6.47 Å². The molecule has 0 aromatic heterocycles. The molecule has 4 aromatic rings. The van der Waals surface area contributed by atoms with Crippen molar-refractivity contribution >= 4 is 35.0 Å². The second-order valence-electron chi connectivity index (χ2n) is 6.25. The van der Waals surface area contributed by atoms with E-state index in [2.05, 4.69) is 72.8 Å². The largest absolute Gasteiger partial charge is 0.554 e. The van der Waals surface area contributed by atoms with Gasteiger partial charge in [0.25, 0.3) is 0 Å². The number of hydrogen-bond acceptors (Lipinski definition) is 2. The molecule has 4 rings (SSSR count). The molecule has 0 bridgehead atoms. The van der Waals surface area contributed by atoms with Crippen LogP contribution in [0.25, 0.3) is 0 Å². The van der Waals surface area contributed by atoms with Crippen molar-refractivity contribution in [3.63, 3.8) is 0 Å². The summed E-state index contributed by atoms with van der Waals surface area (Å²) in [7, 11) is -2.09. The number of rotatable bonds is 4. The lowest BCUT2D eigenvalue weighted by Gasteiger charge is -2.27. The van der Waals surface area contributed by atoms with E-state index in [9.17, 15) is 4.39 Å². The molecule has 29 heavy (non-hydrogen) atoms. The number of carboxylic acid groups (broad SMARTS) is 1. The summed E-state index contributed by atoms with van der Waals surface area (Å²) < 4.78 is 13.7. The second-order valence-corrected chi connectivity index (χ2v) is 9.66. The van der Waals surface area contributed by atoms with E-state index in [0.717, 1.165) is 5.30 Å². The van der Waals surface area contributed by atoms with Crippen LogP contribution in [0, 0.1) is 5.82 Å². The molecule has 0 unspecified atom stereocenters. The van der Waals surface area contributed by atoms with E-state index in [-0.39, 0.29) is 5.82 Å². The van der Waals surface area contributed by atoms with Gasteiger partial charge in [-0.1, -0.05) is 54.6 Å². The summed E-state index contributed by atoms with van der Waals surface area (Å²) in [5.41, 5.74) is 0. The molecule has 144 valence electrons. The molecule has 0 amide bonds. The van der Waals surface area contributed by atoms with Crippen molar-refractivity contribution in [1.82, 2.24) is 0 Å². The average molecular weight is 402 g/mol. The van der Waals surface area contributed by atoms with Crippen molar-refractivity contribution in [3.8, 4) is 0 Å². The standard InChI is InChI=1S/C24H19FP.CH2O2/c25-20-16-18-24(19-17-20)26(21-10-4-1-5-11-21,22-12-6-2-7-13-22)23-14-8-3-9-15-23;2-1-3/h1-19H;1H,(H,2,3)/q+1;/p-1. The van der Waals surface area contributed by atoms with Crippen LogP contribution in [0.3, 0.4) is 0 Å². The Morgan fingerprint density at radius 2 is 0.828 bits per heavy atom. The molecule has 0 fully saturated rings. The number of hydrogen-bond donors (Lipinski definition) is 0. The lowest BCUT2D eigenvalue weighted by molar-refractivity contribution is -0.283. The maximum Gasteiger partial charge on any atom is 0.144 e. The molecule has 0 saturated carbocycles. The summed E-state index contributed by atoms with van der Waals surface area (Å²) in [6.45, 7) is -0.500. The van der Waals surface area contributed by atoms with Crippen molar-refractivity contribution in [2.75, 3.05) is 0 Å². The Morgan fingerprint density at radius 3 is 1.14 bits per heavy atom. The van der Waals surface area contributed by atoms with Crippen LogP contribution in [0.15, 0.2) is 115 Å². The lowest BCUT2D eigenvalue weighted by Crippen LogP contribution is -2.38. The molecule has 0 aliphatic rings. The molecule has 0 spiro atoms. The Labute approximate surface area is 170 Å². The van der Waals surface area contributed by atoms with Crippen LogP contribution in [0.5, 0.6) is 0 Å². The summed E-state index contributed by atoms with van der Waals surface area (Å²) in [5.74, 6) is -0.207. The first-order chi connectivity index (χ1) is 14.2. The summed E-state index contributed by atoms with van der Waals surface area (Å²) >= 11 is 0. The molecule has 0 saturated heterocycles. The van der Waals surface area contributed by atoms with Gasteiger partial charge in [-0.3, -0.25) is 0 Å². The van der Waals surface area contributed by atoms with E-state index < -0.39 is 13.7 Å². The van der Waals surface area contributed by atoms with Crippen LogP contribution in [0.2, 0.25) is 0 Å². The van der Waals surface area contributed by atoms with Crippen molar-refractivity contribution in [2.24, 2.45) is 0 Å². The maximum absolute atomic E-state index is 13.7. The summed E-state index contributed by atoms with van der Waals surface area (Å²) in [6, 6.07) is 38.8. The van der Waals surface area contributed by atoms with Gasteiger partial charge < -0.3 is 9.90 Å². The highest BCUT2D eigenvalue weighted by Crippen LogP contribution is 2.54. The van der Waals surface area contributed by atoms with Gasteiger partial charge in [0.1, 0.15) is 34.3 Å². The lowest BCUT2D eigenvalue weighted by atomic mass is 10.3. The van der Waals surface area contributed by atoms with E-state index in [4.69, 9.17) is 9.90 Å². The van der Waals surface area contributed by atoms with Crippen LogP contribution in [0.1, 0.15) is 0 Å². The quantitative estimate of drug-likeness (QED) is 0.389. The third-order valence-corrected chi connectivity index (χ3v) is 8.94. The van der Waals surface area contributed by atoms with Gasteiger partial charge in [0.2, 0.25) is 0 Å². The number of carbonyl (C=O) groups is 1. The predicted molar refractivity (Wildman–Crippen MR) is 117 cm³/mol. The molecule has 0 atom stereocenters. The van der Waals surface area contributed by atoms with Crippen molar-refractivity contribution < 1.29 is 14.3 Å². The van der Waals surface area contributed by atoms with E-state index in [0.29, 0.717) is 0 Å². The van der Waals surface area contributed by atoms with E-state index in [1.165, 1.54) is 15.9 Å². The maximum atomic E-state index is 13.7. The molecular weight excluding hydrogens is 382 g/mol. The fourth-order valence-electron chi connectivity index (χ4n) is 3.51. The number of halogens is 1. The van der Waals surface area contributed by atoms with E-state index in [1.54, 1.807) is 12.1 Å². The average Bonchev–Trinajstić information content (AvgIpc) is 2.78. The van der Waals surface area contributed by atoms with Gasteiger partial charge >= 0.3 is 0 Å². The molecule has 0 N–H and O–H groups in total. The van der Waals surface area contributed by atoms with Crippen molar-refractivity contribution in [1.29, 1.82) is 0 Å². The molecule has 4 heteroatoms. The zero-order chi connectivity index (χ0) is 20.5. The molecular formula is C25H20FO2P. The third kappa shape index (κ3) is 4.26. The van der Waals surface area contributed by atoms with Gasteiger partial charge in [-0.25, -0.2) is 4.39 Å². The minimum absolute atomic E-state index is 0.207. The molecule has 0 radical (unpaired) electrons. The Morgan fingerprint density at radius 1 is 0.552 bits per heavy atom. The summed E-state index contributed by atoms with van der Waals surface area (Å²) in [5, 5.41) is 13.2. The summed E-state index contributed by atoms with van der Waals surface area (Å²) in [4.78, 5) is 8.25. The normalized spacial score (nSPS) is 10.5. The highest BCUT2D eigenvalue weighted by atomic mass is 31.2. The fourth-order valence-corrected chi connectivity index (χ4v) is 7.76. The van der Waals surface area contributed by atoms with Crippen LogP contribution in [-0.2, 0) is 4.79 Å². The van der Waals surface area contributed by atoms with Gasteiger partial charge in [0, 0.05) is 6.47 Å². The SMILES string of the molecule is Fc1ccc([P+](c2ccccc2)(c2ccccc2)c2ccccc2)cc1.O=C[O-]. The van der Waals surface area contributed by atoms with Gasteiger partial charge in [0.15, 0.2) is 0 Å². The van der Waals surface area contributed by atoms with Gasteiger partial charge in [-0.15, -0.1) is 0 Å². The third-order valence-electron chi connectivity index (χ3n) is 4.64. The Bertz CT molecular complexity index is 924. The Kier molecular flexibility index (Phi) is 6.89. The second kappa shape index (κ2) is 9.77. The Hall–Kier alpha value is -3.29. The molecule has 2 nitrogen and oxygen atoms in total. The Balaban J connectivity index is 0.000000755. The number of carbonyl (C=O) groups excluding carboxylic acids is 1. The fraction of sp³-hybridized carbons (Fsp3) is 0. The van der Waals surface area contributed by atoms with Crippen LogP contribution < -0.4 is 26.3 Å². The first-order valence-corrected chi connectivity index (χ1v) is 10.9. The van der Waals surface area contributed by atoms with Crippen LogP contribution in [0.4, 0.5) is 4.39 Å². The highest BCUT2D eigenvalue weighted by Gasteiger charge is 2.47. The monoisotopic (exact) mass is 402 g/mol. The molecule has 0 aliphatic carbocycles. The van der Waals surface area contributed by atoms with Crippen LogP contribution >= 0.6 is 7.26 Å². The minimum Gasteiger partial charge on any atom is -0.554 e. The smallest absolute Gasteiger partial charge is 0.144 e. The first-order valence-electron chi connectivity index (χ1n) is 9.11. The molecule has 0 heterocycles. The molecule has 0 aliphatic heterocycles. The number of benzene rings is 4. The van der Waals surface area contributed by atoms with E-state index in [1.807, 2.05) is 30.3 Å². The van der Waals surface area contributed by atoms with E-state index >= 15 is 0 Å². The minimum atomic E-state index is -2.09. The van der Waals surface area contributed by atoms with Crippen molar-refractivity contribution in [3.05, 3.63) is 121 Å². The van der Waals surface area contributed by atoms with Gasteiger partial charge in [-0.2, -0.15) is 0 Å². The van der Waals surface area contributed by atoms with Crippen molar-refractivity contribution in [2.45, 2.75) is 0 Å². The first kappa shape index (κ1) is 20.4. The zero-order valence-corrected chi connectivity index (χ0v) is 16.6. The van der Waals surface area contributed by atoms with Gasteiger partial charge in [0.05, 0.1) is 0 Å². The zero-order valence-electron chi connectivity index (χ0n) is 15.7. The molecule has 4 aromatic carbocycles. The highest BCUT2D eigenvalue weighted by molar-refractivity contribution is 8.01. The predicted octanol–water partition coefficient (Wildman–Crippen LogP) is 2.81.